The molecule has 13 unspecified atom stereocenters. The number of aliphatic carboxylic acids is 1. The molecular formula is C38H50O15. The van der Waals surface area contributed by atoms with E-state index in [2.05, 4.69) is 6.58 Å². The molecule has 2 saturated heterocycles. The fourth-order valence-corrected chi connectivity index (χ4v) is 9.94. The monoisotopic (exact) mass is 746 g/mol. The van der Waals surface area contributed by atoms with Crippen LogP contribution in [0.3, 0.4) is 0 Å². The van der Waals surface area contributed by atoms with Crippen LogP contribution in [0.2, 0.25) is 0 Å². The molecule has 1 spiro atoms. The maximum Gasteiger partial charge on any atom is 0.335 e. The van der Waals surface area contributed by atoms with E-state index in [1.54, 1.807) is 33.8 Å². The third kappa shape index (κ3) is 6.32. The van der Waals surface area contributed by atoms with E-state index in [-0.39, 0.29) is 5.57 Å². The number of carboxylic acid groups (broad SMARTS) is 1. The first kappa shape index (κ1) is 40.0. The zero-order valence-electron chi connectivity index (χ0n) is 31.4. The number of carbonyl (C=O) groups is 6. The van der Waals surface area contributed by atoms with E-state index >= 15 is 0 Å². The summed E-state index contributed by atoms with van der Waals surface area (Å²) in [5, 5.41) is 22.5. The van der Waals surface area contributed by atoms with Gasteiger partial charge in [-0.05, 0) is 36.5 Å². The SMILES string of the molecule is C=C1C(C2(C)C(OC(C)=O)CC(=O)OC(C)(COC(C)=O)C2CC(=O)OC)C(C(=O)O)C(OC(=O)C(O)C(C)CC)C2(C)C(c3ccoc3)CC3OC132. The first-order valence-electron chi connectivity index (χ1n) is 17.8. The molecule has 53 heavy (non-hydrogen) atoms. The standard InChI is InChI=1S/C38H50O15/c1-10-18(2)31(43)34(46)51-32-29(33(44)45)30(19(3)38-26(52-38)13-23(37(32,38)8)22-11-12-48-16-22)36(7)24(14-27(41)47-9)35(6,17-49-20(4)39)53-28(42)15-25(36)50-21(5)40/h11-12,16,18,23-26,29-32,43H,3,10,13-15,17H2,1-2,4-9H3,(H,44,45). The molecule has 0 amide bonds. The van der Waals surface area contributed by atoms with Crippen LogP contribution in [-0.4, -0.2) is 95.4 Å². The van der Waals surface area contributed by atoms with Crippen molar-refractivity contribution in [1.29, 1.82) is 0 Å². The van der Waals surface area contributed by atoms with Gasteiger partial charge < -0.3 is 43.1 Å². The van der Waals surface area contributed by atoms with E-state index in [0.29, 0.717) is 18.4 Å². The van der Waals surface area contributed by atoms with Crippen molar-refractivity contribution < 1.29 is 71.8 Å². The van der Waals surface area contributed by atoms with Crippen LogP contribution in [-0.2, 0) is 57.2 Å². The van der Waals surface area contributed by atoms with Gasteiger partial charge in [-0.3, -0.25) is 24.0 Å². The zero-order valence-corrected chi connectivity index (χ0v) is 31.4. The molecule has 15 heteroatoms. The number of aliphatic hydroxyl groups excluding tert-OH is 1. The average Bonchev–Trinajstić information content (AvgIpc) is 3.45. The van der Waals surface area contributed by atoms with E-state index in [1.165, 1.54) is 19.5 Å². The van der Waals surface area contributed by atoms with Crippen molar-refractivity contribution in [3.63, 3.8) is 0 Å². The number of rotatable bonds is 12. The molecule has 0 bridgehead atoms. The fourth-order valence-electron chi connectivity index (χ4n) is 9.94. The highest BCUT2D eigenvalue weighted by Crippen LogP contribution is 2.77. The summed E-state index contributed by atoms with van der Waals surface area (Å²) in [5.41, 5.74) is -5.28. The number of methoxy groups -OCH3 is 1. The molecular weight excluding hydrogens is 696 g/mol. The Morgan fingerprint density at radius 3 is 2.32 bits per heavy atom. The number of furan rings is 1. The molecule has 0 radical (unpaired) electrons. The number of ether oxygens (including phenoxy) is 6. The Kier molecular flexibility index (Phi) is 10.7. The summed E-state index contributed by atoms with van der Waals surface area (Å²) >= 11 is 0. The number of aliphatic hydroxyl groups is 1. The second kappa shape index (κ2) is 14.2. The van der Waals surface area contributed by atoms with Crippen LogP contribution in [0, 0.1) is 34.5 Å². The van der Waals surface area contributed by atoms with Gasteiger partial charge in [0, 0.05) is 42.4 Å². The van der Waals surface area contributed by atoms with Gasteiger partial charge in [0.25, 0.3) is 0 Å². The number of esters is 5. The molecule has 4 aliphatic rings. The Hall–Kier alpha value is -4.24. The molecule has 2 N–H and O–H groups in total. The average molecular weight is 747 g/mol. The Bertz CT molecular complexity index is 1650. The summed E-state index contributed by atoms with van der Waals surface area (Å²) in [6.07, 6.45) is -2.43. The third-order valence-corrected chi connectivity index (χ3v) is 12.7. The minimum absolute atomic E-state index is 0.261. The van der Waals surface area contributed by atoms with Gasteiger partial charge in [-0.25, -0.2) is 4.79 Å². The molecule has 3 heterocycles. The highest BCUT2D eigenvalue weighted by atomic mass is 16.6. The lowest BCUT2D eigenvalue weighted by atomic mass is 9.45. The highest BCUT2D eigenvalue weighted by Gasteiger charge is 2.85. The Balaban J connectivity index is 1.82. The number of epoxide rings is 1. The molecule has 292 valence electrons. The Morgan fingerprint density at radius 2 is 1.77 bits per heavy atom. The largest absolute Gasteiger partial charge is 0.481 e. The molecule has 15 nitrogen and oxygen atoms in total. The first-order valence-corrected chi connectivity index (χ1v) is 17.8. The summed E-state index contributed by atoms with van der Waals surface area (Å²) < 4.78 is 40.5. The van der Waals surface area contributed by atoms with Gasteiger partial charge >= 0.3 is 35.8 Å². The van der Waals surface area contributed by atoms with Gasteiger partial charge in [0.1, 0.15) is 35.9 Å². The zero-order chi connectivity index (χ0) is 39.4. The van der Waals surface area contributed by atoms with Crippen molar-refractivity contribution in [2.45, 2.75) is 116 Å². The molecule has 0 aromatic carbocycles. The van der Waals surface area contributed by atoms with E-state index in [0.717, 1.165) is 21.0 Å². The second-order valence-corrected chi connectivity index (χ2v) is 15.6. The van der Waals surface area contributed by atoms with Crippen LogP contribution in [0.25, 0.3) is 0 Å². The lowest BCUT2D eigenvalue weighted by Crippen LogP contribution is -2.67. The minimum Gasteiger partial charge on any atom is -0.481 e. The topological polar surface area (TPSA) is 215 Å². The minimum atomic E-state index is -1.82. The Labute approximate surface area is 307 Å². The summed E-state index contributed by atoms with van der Waals surface area (Å²) in [6, 6.07) is 1.74. The number of hydrogen-bond donors (Lipinski definition) is 2. The van der Waals surface area contributed by atoms with Crippen LogP contribution in [0.4, 0.5) is 0 Å². The first-order chi connectivity index (χ1) is 24.7. The van der Waals surface area contributed by atoms with Crippen molar-refractivity contribution in [3.05, 3.63) is 36.3 Å². The van der Waals surface area contributed by atoms with Gasteiger partial charge in [-0.1, -0.05) is 40.7 Å². The predicted octanol–water partition coefficient (Wildman–Crippen LogP) is 3.50. The van der Waals surface area contributed by atoms with Gasteiger partial charge in [-0.2, -0.15) is 0 Å². The summed E-state index contributed by atoms with van der Waals surface area (Å²) in [6.45, 7) is 14.4. The summed E-state index contributed by atoms with van der Waals surface area (Å²) in [7, 11) is 1.15. The summed E-state index contributed by atoms with van der Waals surface area (Å²) in [4.78, 5) is 79.8. The lowest BCUT2D eigenvalue weighted by molar-refractivity contribution is -0.213. The maximum absolute atomic E-state index is 14.0. The van der Waals surface area contributed by atoms with Gasteiger partial charge in [-0.15, -0.1) is 0 Å². The van der Waals surface area contributed by atoms with Crippen molar-refractivity contribution in [3.8, 4) is 0 Å². The van der Waals surface area contributed by atoms with Gasteiger partial charge in [0.05, 0.1) is 38.6 Å². The van der Waals surface area contributed by atoms with Crippen molar-refractivity contribution in [1.82, 2.24) is 0 Å². The van der Waals surface area contributed by atoms with Gasteiger partial charge in [0.15, 0.2) is 6.10 Å². The van der Waals surface area contributed by atoms with E-state index in [1.807, 2.05) is 0 Å². The Morgan fingerprint density at radius 1 is 1.09 bits per heavy atom. The summed E-state index contributed by atoms with van der Waals surface area (Å²) in [5.74, 6) is -11.0. The quantitative estimate of drug-likeness (QED) is 0.136. The molecule has 2 saturated carbocycles. The number of cyclic esters (lactones) is 1. The van der Waals surface area contributed by atoms with Crippen LogP contribution < -0.4 is 0 Å². The van der Waals surface area contributed by atoms with E-state index in [9.17, 15) is 39.0 Å². The molecule has 1 aromatic heterocycles. The third-order valence-electron chi connectivity index (χ3n) is 12.7. The van der Waals surface area contributed by atoms with Crippen molar-refractivity contribution in [2.24, 2.45) is 34.5 Å². The van der Waals surface area contributed by atoms with E-state index < -0.39 is 131 Å². The fraction of sp³-hybridized carbons (Fsp3) is 0.684. The number of carboxylic acids is 1. The molecule has 5 rings (SSSR count). The van der Waals surface area contributed by atoms with E-state index in [4.69, 9.17) is 32.8 Å². The molecule has 2 aliphatic heterocycles. The molecule has 1 aromatic rings. The smallest absolute Gasteiger partial charge is 0.335 e. The van der Waals surface area contributed by atoms with Crippen molar-refractivity contribution in [2.75, 3.05) is 13.7 Å². The molecule has 2 aliphatic carbocycles. The highest BCUT2D eigenvalue weighted by molar-refractivity contribution is 5.79. The second-order valence-electron chi connectivity index (χ2n) is 15.6. The van der Waals surface area contributed by atoms with Crippen LogP contribution in [0.1, 0.15) is 85.6 Å². The van der Waals surface area contributed by atoms with Crippen LogP contribution in [0.5, 0.6) is 0 Å². The van der Waals surface area contributed by atoms with Gasteiger partial charge in [0.2, 0.25) is 0 Å². The van der Waals surface area contributed by atoms with Crippen LogP contribution >= 0.6 is 0 Å². The van der Waals surface area contributed by atoms with Crippen molar-refractivity contribution >= 4 is 35.8 Å². The predicted molar refractivity (Wildman–Crippen MR) is 180 cm³/mol. The normalized spacial score (nSPS) is 38.5. The van der Waals surface area contributed by atoms with Crippen LogP contribution in [0.15, 0.2) is 35.2 Å². The molecule has 13 atom stereocenters. The number of hydrogen-bond acceptors (Lipinski definition) is 14. The lowest BCUT2D eigenvalue weighted by Gasteiger charge is -2.59. The number of carbonyl (C=O) groups excluding carboxylic acids is 5. The maximum atomic E-state index is 14.0. The molecule has 4 fully saturated rings.